The Bertz CT molecular complexity index is 477. The van der Waals surface area contributed by atoms with Gasteiger partial charge in [-0.3, -0.25) is 0 Å². The van der Waals surface area contributed by atoms with Crippen LogP contribution in [0.25, 0.3) is 0 Å². The maximum absolute atomic E-state index is 11.5. The Hall–Kier alpha value is -0.0800. The highest BCUT2D eigenvalue weighted by molar-refractivity contribution is 5.13. The van der Waals surface area contributed by atoms with Gasteiger partial charge in [-0.05, 0) is 98.7 Å². The van der Waals surface area contributed by atoms with Gasteiger partial charge in [0.25, 0.3) is 0 Å². The van der Waals surface area contributed by atoms with Crippen LogP contribution in [0.15, 0.2) is 0 Å². The average molecular weight is 335 g/mol. The van der Waals surface area contributed by atoms with Crippen LogP contribution < -0.4 is 0 Å². The molecule has 4 saturated carbocycles. The third kappa shape index (κ3) is 2.28. The molecule has 24 heavy (non-hydrogen) atoms. The predicted octanol–water partition coefficient (Wildman–Crippen LogP) is 4.92. The quantitative estimate of drug-likeness (QED) is 0.769. The van der Waals surface area contributed by atoms with Gasteiger partial charge in [0.15, 0.2) is 0 Å². The van der Waals surface area contributed by atoms with Gasteiger partial charge in [0.1, 0.15) is 0 Å². The number of aliphatic hydroxyl groups is 2. The van der Waals surface area contributed by atoms with Crippen molar-refractivity contribution in [3.05, 3.63) is 0 Å². The Labute approximate surface area is 148 Å². The summed E-state index contributed by atoms with van der Waals surface area (Å²) in [7, 11) is 0. The van der Waals surface area contributed by atoms with Gasteiger partial charge in [-0.25, -0.2) is 0 Å². The monoisotopic (exact) mass is 334 g/mol. The molecule has 4 rings (SSSR count). The van der Waals surface area contributed by atoms with E-state index in [1.807, 2.05) is 0 Å². The third-order valence-corrected chi connectivity index (χ3v) is 9.65. The lowest BCUT2D eigenvalue weighted by Gasteiger charge is -2.61. The maximum atomic E-state index is 11.5. The molecule has 2 heteroatoms. The highest BCUT2D eigenvalue weighted by Gasteiger charge is 2.63. The number of rotatable bonds is 3. The molecule has 138 valence electrons. The van der Waals surface area contributed by atoms with Crippen molar-refractivity contribution in [2.45, 2.75) is 96.5 Å². The molecule has 7 atom stereocenters. The normalized spacial score (nSPS) is 54.0. The van der Waals surface area contributed by atoms with Crippen LogP contribution in [-0.4, -0.2) is 22.4 Å². The van der Waals surface area contributed by atoms with E-state index in [2.05, 4.69) is 13.8 Å². The first kappa shape index (κ1) is 17.3. The van der Waals surface area contributed by atoms with E-state index in [1.165, 1.54) is 57.8 Å². The van der Waals surface area contributed by atoms with Crippen molar-refractivity contribution in [2.24, 2.45) is 34.5 Å². The van der Waals surface area contributed by atoms with E-state index < -0.39 is 5.60 Å². The lowest BCUT2D eigenvalue weighted by molar-refractivity contribution is -0.154. The number of fused-ring (bicyclic) bond motifs is 5. The molecule has 2 nitrogen and oxygen atoms in total. The minimum Gasteiger partial charge on any atom is -0.396 e. The van der Waals surface area contributed by atoms with Crippen molar-refractivity contribution in [2.75, 3.05) is 6.61 Å². The fourth-order valence-electron chi connectivity index (χ4n) is 8.19. The van der Waals surface area contributed by atoms with Crippen molar-refractivity contribution < 1.29 is 10.2 Å². The van der Waals surface area contributed by atoms with Crippen LogP contribution in [0.1, 0.15) is 90.9 Å². The summed E-state index contributed by atoms with van der Waals surface area (Å²) in [5.41, 5.74) is 0.172. The Morgan fingerprint density at radius 2 is 1.67 bits per heavy atom. The van der Waals surface area contributed by atoms with Gasteiger partial charge in [0, 0.05) is 6.61 Å². The number of hydrogen-bond donors (Lipinski definition) is 2. The zero-order chi connectivity index (χ0) is 17.0. The van der Waals surface area contributed by atoms with Crippen LogP contribution in [0.5, 0.6) is 0 Å². The molecule has 0 saturated heterocycles. The van der Waals surface area contributed by atoms with E-state index in [-0.39, 0.29) is 12.0 Å². The predicted molar refractivity (Wildman–Crippen MR) is 97.6 cm³/mol. The molecule has 0 radical (unpaired) electrons. The van der Waals surface area contributed by atoms with Crippen molar-refractivity contribution in [3.8, 4) is 0 Å². The molecule has 0 heterocycles. The summed E-state index contributed by atoms with van der Waals surface area (Å²) in [4.78, 5) is 0. The van der Waals surface area contributed by atoms with Gasteiger partial charge in [-0.1, -0.05) is 26.7 Å². The minimum absolute atomic E-state index is 0.0984. The Kier molecular flexibility index (Phi) is 4.32. The van der Waals surface area contributed by atoms with Gasteiger partial charge in [-0.15, -0.1) is 0 Å². The molecule has 2 unspecified atom stereocenters. The molecule has 0 aliphatic heterocycles. The molecule has 0 spiro atoms. The topological polar surface area (TPSA) is 40.5 Å². The Balaban J connectivity index is 1.59. The Morgan fingerprint density at radius 3 is 2.46 bits per heavy atom. The lowest BCUT2D eigenvalue weighted by atomic mass is 9.44. The van der Waals surface area contributed by atoms with Gasteiger partial charge in [0.2, 0.25) is 0 Å². The van der Waals surface area contributed by atoms with E-state index in [4.69, 9.17) is 0 Å². The van der Waals surface area contributed by atoms with Crippen LogP contribution in [0.2, 0.25) is 0 Å². The number of aliphatic hydroxyl groups excluding tert-OH is 1. The second-order valence-corrected chi connectivity index (χ2v) is 10.3. The van der Waals surface area contributed by atoms with Gasteiger partial charge >= 0.3 is 0 Å². The molecule has 4 fully saturated rings. The fourth-order valence-corrected chi connectivity index (χ4v) is 8.19. The summed E-state index contributed by atoms with van der Waals surface area (Å²) in [6.45, 7) is 5.24. The fraction of sp³-hybridized carbons (Fsp3) is 1.00. The first-order chi connectivity index (χ1) is 11.4. The second-order valence-electron chi connectivity index (χ2n) is 10.3. The zero-order valence-corrected chi connectivity index (χ0v) is 15.9. The highest BCUT2D eigenvalue weighted by Crippen LogP contribution is 2.68. The van der Waals surface area contributed by atoms with Crippen molar-refractivity contribution in [1.82, 2.24) is 0 Å². The molecule has 4 aliphatic carbocycles. The van der Waals surface area contributed by atoms with Gasteiger partial charge < -0.3 is 10.2 Å². The van der Waals surface area contributed by atoms with Gasteiger partial charge in [0.05, 0.1) is 5.60 Å². The molecule has 0 aromatic heterocycles. The average Bonchev–Trinajstić information content (AvgIpc) is 2.84. The summed E-state index contributed by atoms with van der Waals surface area (Å²) in [6, 6.07) is 0. The van der Waals surface area contributed by atoms with Crippen LogP contribution in [0, 0.1) is 34.5 Å². The summed E-state index contributed by atoms with van der Waals surface area (Å²) < 4.78 is 0. The molecular formula is C22H38O2. The van der Waals surface area contributed by atoms with E-state index in [1.54, 1.807) is 0 Å². The summed E-state index contributed by atoms with van der Waals surface area (Å²) in [5, 5.41) is 20.7. The standard InChI is InChI=1S/C22H38O2/c1-20-11-4-3-6-16(20)7-8-17-18(20)9-13-21(2)19(17)10-14-22(21,24)12-5-15-23/h16-19,23-24H,3-15H2,1-2H3/t16?,17-,18-,19+,20+,21+,22?/m1/s1. The van der Waals surface area contributed by atoms with Crippen molar-refractivity contribution in [3.63, 3.8) is 0 Å². The summed E-state index contributed by atoms with van der Waals surface area (Å²) in [5.74, 6) is 3.47. The van der Waals surface area contributed by atoms with Crippen molar-refractivity contribution in [1.29, 1.82) is 0 Å². The Morgan fingerprint density at radius 1 is 0.875 bits per heavy atom. The minimum atomic E-state index is -0.518. The maximum Gasteiger partial charge on any atom is 0.0704 e. The lowest BCUT2D eigenvalue weighted by Crippen LogP contribution is -2.56. The summed E-state index contributed by atoms with van der Waals surface area (Å²) >= 11 is 0. The largest absolute Gasteiger partial charge is 0.396 e. The SMILES string of the molecule is C[C@]12CCCCC1CC[C@@H]1[C@H]2CC[C@@]2(C)[C@H]1CCC2(O)CCCO. The van der Waals surface area contributed by atoms with Crippen LogP contribution in [-0.2, 0) is 0 Å². The van der Waals surface area contributed by atoms with E-state index in [9.17, 15) is 10.2 Å². The van der Waals surface area contributed by atoms with Crippen molar-refractivity contribution >= 4 is 0 Å². The number of hydrogen-bond acceptors (Lipinski definition) is 2. The van der Waals surface area contributed by atoms with Crippen LogP contribution >= 0.6 is 0 Å². The van der Waals surface area contributed by atoms with E-state index in [0.29, 0.717) is 5.41 Å². The second kappa shape index (κ2) is 5.98. The molecular weight excluding hydrogens is 296 g/mol. The van der Waals surface area contributed by atoms with E-state index >= 15 is 0 Å². The van der Waals surface area contributed by atoms with Gasteiger partial charge in [-0.2, -0.15) is 0 Å². The molecule has 4 aliphatic rings. The highest BCUT2D eigenvalue weighted by atomic mass is 16.3. The van der Waals surface area contributed by atoms with Crippen LogP contribution in [0.3, 0.4) is 0 Å². The molecule has 0 aromatic carbocycles. The van der Waals surface area contributed by atoms with E-state index in [0.717, 1.165) is 42.9 Å². The smallest absolute Gasteiger partial charge is 0.0704 e. The molecule has 0 amide bonds. The molecule has 2 N–H and O–H groups in total. The third-order valence-electron chi connectivity index (χ3n) is 9.65. The molecule has 0 bridgehead atoms. The molecule has 0 aromatic rings. The first-order valence-electron chi connectivity index (χ1n) is 10.8. The summed E-state index contributed by atoms with van der Waals surface area (Å²) in [6.07, 6.45) is 15.0. The van der Waals surface area contributed by atoms with Crippen LogP contribution in [0.4, 0.5) is 0 Å². The zero-order valence-electron chi connectivity index (χ0n) is 15.9. The first-order valence-corrected chi connectivity index (χ1v) is 10.8.